The fourth-order valence-electron chi connectivity index (χ4n) is 3.31. The lowest BCUT2D eigenvalue weighted by atomic mass is 9.98. The Hall–Kier alpha value is -1.12. The molecule has 1 aliphatic heterocycles. The highest BCUT2D eigenvalue weighted by Gasteiger charge is 2.43. The molecule has 0 aromatic heterocycles. The Labute approximate surface area is 146 Å². The van der Waals surface area contributed by atoms with E-state index < -0.39 is 42.0 Å². The summed E-state index contributed by atoms with van der Waals surface area (Å²) < 4.78 is 25.9. The first-order chi connectivity index (χ1) is 11.9. The van der Waals surface area contributed by atoms with Crippen molar-refractivity contribution in [2.45, 2.75) is 68.9 Å². The van der Waals surface area contributed by atoms with Gasteiger partial charge in [0.25, 0.3) is 0 Å². The molecule has 1 heterocycles. The van der Waals surface area contributed by atoms with Crippen molar-refractivity contribution in [1.29, 1.82) is 0 Å². The van der Waals surface area contributed by atoms with E-state index in [0.717, 1.165) is 37.3 Å². The van der Waals surface area contributed by atoms with Crippen molar-refractivity contribution >= 4 is 0 Å². The average Bonchev–Trinajstić information content (AvgIpc) is 2.89. The van der Waals surface area contributed by atoms with Gasteiger partial charge in [-0.05, 0) is 37.0 Å². The summed E-state index contributed by atoms with van der Waals surface area (Å²) in [7, 11) is 0. The van der Waals surface area contributed by atoms with Crippen LogP contribution in [0.3, 0.4) is 0 Å². The molecule has 1 aliphatic rings. The van der Waals surface area contributed by atoms with Gasteiger partial charge in [-0.2, -0.15) is 0 Å². The molecule has 25 heavy (non-hydrogen) atoms. The van der Waals surface area contributed by atoms with Crippen LogP contribution in [0.15, 0.2) is 18.2 Å². The van der Waals surface area contributed by atoms with Crippen LogP contribution in [0.25, 0.3) is 0 Å². The van der Waals surface area contributed by atoms with E-state index in [1.807, 2.05) is 0 Å². The average molecular weight is 359 g/mol. The van der Waals surface area contributed by atoms with Gasteiger partial charge in [-0.25, -0.2) is 8.78 Å². The normalized spacial score (nSPS) is 27.6. The monoisotopic (exact) mass is 359 g/mol. The van der Waals surface area contributed by atoms with Crippen LogP contribution in [0.4, 0.5) is 8.78 Å². The van der Waals surface area contributed by atoms with Crippen LogP contribution in [0.5, 0.6) is 0 Å². The molecule has 0 bridgehead atoms. The van der Waals surface area contributed by atoms with E-state index in [0.29, 0.717) is 12.8 Å². The molecule has 7 heteroatoms. The first kappa shape index (κ1) is 20.2. The molecule has 2 rings (SSSR count). The maximum absolute atomic E-state index is 13.1. The Morgan fingerprint density at radius 3 is 2.36 bits per heavy atom. The van der Waals surface area contributed by atoms with E-state index in [1.54, 1.807) is 6.07 Å². The predicted octanol–water partition coefficient (Wildman–Crippen LogP) is 0.873. The number of hydrogen-bond donors (Lipinski definition) is 5. The first-order valence-corrected chi connectivity index (χ1v) is 8.79. The number of aryl methyl sites for hydroxylation is 1. The third-order valence-corrected chi connectivity index (χ3v) is 4.85. The van der Waals surface area contributed by atoms with E-state index in [-0.39, 0.29) is 6.61 Å². The number of nitrogens with one attached hydrogen (secondary N) is 1. The lowest BCUT2D eigenvalue weighted by molar-refractivity contribution is -0.00443. The number of rotatable bonds is 9. The summed E-state index contributed by atoms with van der Waals surface area (Å²) >= 11 is 0. The molecule has 0 spiro atoms. The van der Waals surface area contributed by atoms with Crippen LogP contribution in [0.2, 0.25) is 0 Å². The lowest BCUT2D eigenvalue weighted by Crippen LogP contribution is -2.44. The maximum atomic E-state index is 13.1. The Morgan fingerprint density at radius 1 is 1.00 bits per heavy atom. The molecule has 0 radical (unpaired) electrons. The van der Waals surface area contributed by atoms with Crippen LogP contribution < -0.4 is 5.32 Å². The van der Waals surface area contributed by atoms with Crippen LogP contribution in [-0.4, -0.2) is 57.4 Å². The molecular formula is C18H27F2NO4. The van der Waals surface area contributed by atoms with Gasteiger partial charge in [-0.3, -0.25) is 0 Å². The van der Waals surface area contributed by atoms with Gasteiger partial charge in [0.05, 0.1) is 37.0 Å². The first-order valence-electron chi connectivity index (χ1n) is 8.79. The summed E-state index contributed by atoms with van der Waals surface area (Å²) in [6, 6.07) is 2.67. The van der Waals surface area contributed by atoms with Gasteiger partial charge < -0.3 is 25.7 Å². The van der Waals surface area contributed by atoms with Crippen molar-refractivity contribution in [2.75, 3.05) is 6.61 Å². The minimum atomic E-state index is -1.10. The van der Waals surface area contributed by atoms with E-state index in [1.165, 1.54) is 6.07 Å². The number of unbranched alkanes of at least 4 members (excludes halogenated alkanes) is 3. The zero-order valence-corrected chi connectivity index (χ0v) is 14.1. The summed E-state index contributed by atoms with van der Waals surface area (Å²) in [5.41, 5.74) is 0.765. The largest absolute Gasteiger partial charge is 0.395 e. The van der Waals surface area contributed by atoms with Crippen molar-refractivity contribution < 1.29 is 29.2 Å². The number of hydrogen-bond acceptors (Lipinski definition) is 5. The van der Waals surface area contributed by atoms with Crippen LogP contribution in [0.1, 0.15) is 37.7 Å². The van der Waals surface area contributed by atoms with Crippen LogP contribution in [-0.2, 0) is 6.42 Å². The molecule has 5 N–H and O–H groups in total. The van der Waals surface area contributed by atoms with Gasteiger partial charge in [-0.15, -0.1) is 0 Å². The molecule has 1 saturated heterocycles. The Bertz CT molecular complexity index is 546. The molecule has 1 aromatic rings. The van der Waals surface area contributed by atoms with Gasteiger partial charge in [0, 0.05) is 0 Å². The topological polar surface area (TPSA) is 93.0 Å². The summed E-state index contributed by atoms with van der Waals surface area (Å²) in [4.78, 5) is 0. The molecular weight excluding hydrogens is 332 g/mol. The highest BCUT2D eigenvalue weighted by Crippen LogP contribution is 2.20. The van der Waals surface area contributed by atoms with Gasteiger partial charge in [0.15, 0.2) is 11.6 Å². The smallest absolute Gasteiger partial charge is 0.159 e. The van der Waals surface area contributed by atoms with Crippen LogP contribution in [0, 0.1) is 11.6 Å². The van der Waals surface area contributed by atoms with E-state index in [4.69, 9.17) is 5.11 Å². The van der Waals surface area contributed by atoms with Gasteiger partial charge >= 0.3 is 0 Å². The van der Waals surface area contributed by atoms with E-state index in [9.17, 15) is 24.1 Å². The minimum Gasteiger partial charge on any atom is -0.395 e. The number of aliphatic hydroxyl groups is 4. The number of halogens is 2. The molecule has 0 aliphatic carbocycles. The van der Waals surface area contributed by atoms with Crippen molar-refractivity contribution in [1.82, 2.24) is 5.32 Å². The second-order valence-electron chi connectivity index (χ2n) is 6.73. The molecule has 5 nitrogen and oxygen atoms in total. The van der Waals surface area contributed by atoms with Gasteiger partial charge in [0.1, 0.15) is 0 Å². The zero-order chi connectivity index (χ0) is 18.4. The predicted molar refractivity (Wildman–Crippen MR) is 89.0 cm³/mol. The van der Waals surface area contributed by atoms with Gasteiger partial charge in [-0.1, -0.05) is 25.3 Å². The summed E-state index contributed by atoms with van der Waals surface area (Å²) in [5, 5.41) is 41.7. The Kier molecular flexibility index (Phi) is 7.71. The van der Waals surface area contributed by atoms with Crippen molar-refractivity contribution in [3.8, 4) is 0 Å². The highest BCUT2D eigenvalue weighted by atomic mass is 19.2. The molecule has 0 saturated carbocycles. The number of aliphatic hydroxyl groups excluding tert-OH is 4. The molecule has 0 amide bonds. The quantitative estimate of drug-likeness (QED) is 0.422. The van der Waals surface area contributed by atoms with E-state index in [2.05, 4.69) is 5.32 Å². The van der Waals surface area contributed by atoms with Gasteiger partial charge in [0.2, 0.25) is 0 Å². The summed E-state index contributed by atoms with van der Waals surface area (Å²) in [6.07, 6.45) is 1.54. The molecule has 1 fully saturated rings. The SMILES string of the molecule is OC[C@H]1N[C@H]([C@H](O)CCCCCCc2ccc(F)c(F)c2)[C@@H](O)[C@@H]1O. The third kappa shape index (κ3) is 5.43. The third-order valence-electron chi connectivity index (χ3n) is 4.85. The maximum Gasteiger partial charge on any atom is 0.159 e. The standard InChI is InChI=1S/C18H27F2NO4/c19-12-8-7-11(9-13(12)20)5-3-1-2-4-6-15(23)16-18(25)17(24)14(10-22)21-16/h7-9,14-18,21-25H,1-6,10H2/t14-,15-,16-,17-,18-/m1/s1. The number of benzene rings is 1. The minimum absolute atomic E-state index is 0.300. The molecule has 142 valence electrons. The molecule has 0 unspecified atom stereocenters. The van der Waals surface area contributed by atoms with Crippen LogP contribution >= 0.6 is 0 Å². The molecule has 1 aromatic carbocycles. The summed E-state index contributed by atoms with van der Waals surface area (Å²) in [6.45, 7) is -0.300. The van der Waals surface area contributed by atoms with E-state index >= 15 is 0 Å². The highest BCUT2D eigenvalue weighted by molar-refractivity contribution is 5.17. The second kappa shape index (κ2) is 9.54. The molecule has 5 atom stereocenters. The summed E-state index contributed by atoms with van der Waals surface area (Å²) in [5.74, 6) is -1.67. The van der Waals surface area contributed by atoms with Crippen molar-refractivity contribution in [3.05, 3.63) is 35.4 Å². The zero-order valence-electron chi connectivity index (χ0n) is 14.1. The Balaban J connectivity index is 1.62. The van der Waals surface area contributed by atoms with Crippen molar-refractivity contribution in [2.24, 2.45) is 0 Å². The van der Waals surface area contributed by atoms with Crippen molar-refractivity contribution in [3.63, 3.8) is 0 Å². The fourth-order valence-corrected chi connectivity index (χ4v) is 3.31. The second-order valence-corrected chi connectivity index (χ2v) is 6.73. The fraction of sp³-hybridized carbons (Fsp3) is 0.667. The lowest BCUT2D eigenvalue weighted by Gasteiger charge is -2.22. The Morgan fingerprint density at radius 2 is 1.72 bits per heavy atom.